The van der Waals surface area contributed by atoms with E-state index in [9.17, 15) is 4.79 Å². The highest BCUT2D eigenvalue weighted by Crippen LogP contribution is 2.13. The Balaban J connectivity index is 2.06. The quantitative estimate of drug-likeness (QED) is 0.625. The molecule has 2 heterocycles. The van der Waals surface area contributed by atoms with Crippen LogP contribution in [-0.2, 0) is 7.05 Å². The SMILES string of the molecule is CC(C)N(C)c1ccc(C=CC(=O)c2ccn(C)n2)cn1. The summed E-state index contributed by atoms with van der Waals surface area (Å²) < 4.78 is 1.61. The summed E-state index contributed by atoms with van der Waals surface area (Å²) in [7, 11) is 3.79. The average molecular weight is 284 g/mol. The van der Waals surface area contributed by atoms with Crippen molar-refractivity contribution in [3.63, 3.8) is 0 Å². The van der Waals surface area contributed by atoms with Crippen LogP contribution in [0.25, 0.3) is 6.08 Å². The minimum absolute atomic E-state index is 0.112. The molecule has 0 aliphatic rings. The number of carbonyl (C=O) groups is 1. The lowest BCUT2D eigenvalue weighted by Gasteiger charge is -2.22. The van der Waals surface area contributed by atoms with Crippen molar-refractivity contribution >= 4 is 17.7 Å². The zero-order valence-corrected chi connectivity index (χ0v) is 12.8. The van der Waals surface area contributed by atoms with E-state index in [1.165, 1.54) is 6.08 Å². The van der Waals surface area contributed by atoms with Crippen molar-refractivity contribution in [2.45, 2.75) is 19.9 Å². The van der Waals surface area contributed by atoms with E-state index in [4.69, 9.17) is 0 Å². The third-order valence-corrected chi connectivity index (χ3v) is 3.30. The van der Waals surface area contributed by atoms with E-state index in [0.29, 0.717) is 11.7 Å². The van der Waals surface area contributed by atoms with E-state index in [-0.39, 0.29) is 5.78 Å². The van der Waals surface area contributed by atoms with Gasteiger partial charge in [0.05, 0.1) is 0 Å². The second-order valence-electron chi connectivity index (χ2n) is 5.23. The Morgan fingerprint density at radius 3 is 2.62 bits per heavy atom. The maximum Gasteiger partial charge on any atom is 0.206 e. The first kappa shape index (κ1) is 15.0. The fraction of sp³-hybridized carbons (Fsp3) is 0.312. The minimum Gasteiger partial charge on any atom is -0.357 e. The number of rotatable bonds is 5. The van der Waals surface area contributed by atoms with Gasteiger partial charge in [-0.2, -0.15) is 5.10 Å². The standard InChI is InChI=1S/C16H20N4O/c1-12(2)20(4)16-8-6-13(11-17-16)5-7-15(21)14-9-10-19(3)18-14/h5-12H,1-4H3. The van der Waals surface area contributed by atoms with Crippen molar-refractivity contribution in [3.8, 4) is 0 Å². The van der Waals surface area contributed by atoms with Gasteiger partial charge in [0.15, 0.2) is 0 Å². The molecule has 0 fully saturated rings. The minimum atomic E-state index is -0.112. The number of ketones is 1. The maximum atomic E-state index is 11.9. The summed E-state index contributed by atoms with van der Waals surface area (Å²) in [4.78, 5) is 18.4. The summed E-state index contributed by atoms with van der Waals surface area (Å²) in [5.41, 5.74) is 1.33. The Kier molecular flexibility index (Phi) is 4.52. The molecule has 110 valence electrons. The molecule has 0 bridgehead atoms. The van der Waals surface area contributed by atoms with Gasteiger partial charge >= 0.3 is 0 Å². The number of carbonyl (C=O) groups excluding carboxylic acids is 1. The van der Waals surface area contributed by atoms with E-state index >= 15 is 0 Å². The first-order chi connectivity index (χ1) is 9.97. The number of pyridine rings is 1. The van der Waals surface area contributed by atoms with Gasteiger partial charge in [-0.3, -0.25) is 9.48 Å². The molecule has 2 aromatic rings. The van der Waals surface area contributed by atoms with Crippen LogP contribution in [0.4, 0.5) is 5.82 Å². The maximum absolute atomic E-state index is 11.9. The molecule has 5 nitrogen and oxygen atoms in total. The molecule has 0 radical (unpaired) electrons. The Morgan fingerprint density at radius 1 is 1.33 bits per heavy atom. The van der Waals surface area contributed by atoms with Crippen LogP contribution in [0.3, 0.4) is 0 Å². The van der Waals surface area contributed by atoms with E-state index in [1.807, 2.05) is 19.2 Å². The van der Waals surface area contributed by atoms with Gasteiger partial charge in [-0.05, 0) is 49.8 Å². The Morgan fingerprint density at radius 2 is 2.10 bits per heavy atom. The van der Waals surface area contributed by atoms with Gasteiger partial charge in [-0.25, -0.2) is 4.98 Å². The first-order valence-corrected chi connectivity index (χ1v) is 6.88. The number of allylic oxidation sites excluding steroid dienone is 1. The van der Waals surface area contributed by atoms with Gasteiger partial charge in [0, 0.05) is 32.5 Å². The van der Waals surface area contributed by atoms with Crippen molar-refractivity contribution in [1.29, 1.82) is 0 Å². The highest BCUT2D eigenvalue weighted by Gasteiger charge is 2.06. The lowest BCUT2D eigenvalue weighted by atomic mass is 10.2. The highest BCUT2D eigenvalue weighted by molar-refractivity contribution is 6.05. The fourth-order valence-corrected chi connectivity index (χ4v) is 1.77. The second kappa shape index (κ2) is 6.35. The second-order valence-corrected chi connectivity index (χ2v) is 5.23. The predicted octanol–water partition coefficient (Wildman–Crippen LogP) is 2.56. The molecule has 5 heteroatoms. The van der Waals surface area contributed by atoms with E-state index in [0.717, 1.165) is 11.4 Å². The summed E-state index contributed by atoms with van der Waals surface area (Å²) >= 11 is 0. The van der Waals surface area contributed by atoms with Gasteiger partial charge in [-0.15, -0.1) is 0 Å². The predicted molar refractivity (Wildman–Crippen MR) is 84.3 cm³/mol. The van der Waals surface area contributed by atoms with Crippen LogP contribution in [0.15, 0.2) is 36.7 Å². The molecule has 0 N–H and O–H groups in total. The van der Waals surface area contributed by atoms with Crippen LogP contribution in [0.1, 0.15) is 29.9 Å². The first-order valence-electron chi connectivity index (χ1n) is 6.88. The lowest BCUT2D eigenvalue weighted by molar-refractivity contribution is 0.104. The van der Waals surface area contributed by atoms with Crippen molar-refractivity contribution < 1.29 is 4.79 Å². The number of nitrogens with zero attached hydrogens (tertiary/aromatic N) is 4. The van der Waals surface area contributed by atoms with Gasteiger partial charge < -0.3 is 4.90 Å². The summed E-state index contributed by atoms with van der Waals surface area (Å²) in [5.74, 6) is 0.803. The Hall–Kier alpha value is -2.43. The zero-order valence-electron chi connectivity index (χ0n) is 12.8. The third kappa shape index (κ3) is 3.78. The fourth-order valence-electron chi connectivity index (χ4n) is 1.77. The molecule has 0 aliphatic heterocycles. The molecule has 0 aromatic carbocycles. The van der Waals surface area contributed by atoms with Crippen LogP contribution >= 0.6 is 0 Å². The van der Waals surface area contributed by atoms with Gasteiger partial charge in [0.25, 0.3) is 0 Å². The van der Waals surface area contributed by atoms with Crippen LogP contribution in [0.2, 0.25) is 0 Å². The van der Waals surface area contributed by atoms with E-state index < -0.39 is 0 Å². The van der Waals surface area contributed by atoms with E-state index in [2.05, 4.69) is 28.8 Å². The molecule has 0 aliphatic carbocycles. The van der Waals surface area contributed by atoms with Crippen molar-refractivity contribution in [2.24, 2.45) is 7.05 Å². The summed E-state index contributed by atoms with van der Waals surface area (Å²) in [6.07, 6.45) is 6.78. The molecule has 2 rings (SSSR count). The Labute approximate surface area is 124 Å². The molecule has 0 amide bonds. The van der Waals surface area contributed by atoms with Crippen molar-refractivity contribution in [1.82, 2.24) is 14.8 Å². The molecular formula is C16H20N4O. The number of anilines is 1. The number of hydrogen-bond donors (Lipinski definition) is 0. The smallest absolute Gasteiger partial charge is 0.206 e. The average Bonchev–Trinajstić information content (AvgIpc) is 2.91. The molecule has 0 atom stereocenters. The molecular weight excluding hydrogens is 264 g/mol. The van der Waals surface area contributed by atoms with Gasteiger partial charge in [-0.1, -0.05) is 0 Å². The molecule has 2 aromatic heterocycles. The van der Waals surface area contributed by atoms with Crippen LogP contribution in [0, 0.1) is 0 Å². The molecule has 0 saturated heterocycles. The van der Waals surface area contributed by atoms with Crippen LogP contribution in [-0.4, -0.2) is 33.6 Å². The topological polar surface area (TPSA) is 51.0 Å². The normalized spacial score (nSPS) is 11.3. The molecule has 0 spiro atoms. The van der Waals surface area contributed by atoms with Crippen molar-refractivity contribution in [3.05, 3.63) is 47.9 Å². The molecule has 0 saturated carbocycles. The summed E-state index contributed by atoms with van der Waals surface area (Å²) in [6, 6.07) is 5.99. The summed E-state index contributed by atoms with van der Waals surface area (Å²) in [6.45, 7) is 4.22. The van der Waals surface area contributed by atoms with Crippen LogP contribution < -0.4 is 4.90 Å². The Bertz CT molecular complexity index is 641. The van der Waals surface area contributed by atoms with E-state index in [1.54, 1.807) is 36.3 Å². The molecule has 21 heavy (non-hydrogen) atoms. The monoisotopic (exact) mass is 284 g/mol. The number of hydrogen-bond acceptors (Lipinski definition) is 4. The highest BCUT2D eigenvalue weighted by atomic mass is 16.1. The zero-order chi connectivity index (χ0) is 15.4. The molecule has 0 unspecified atom stereocenters. The van der Waals surface area contributed by atoms with Gasteiger partial charge in [0.1, 0.15) is 11.5 Å². The van der Waals surface area contributed by atoms with Crippen molar-refractivity contribution in [2.75, 3.05) is 11.9 Å². The summed E-state index contributed by atoms with van der Waals surface area (Å²) in [5, 5.41) is 4.07. The van der Waals surface area contributed by atoms with Crippen LogP contribution in [0.5, 0.6) is 0 Å². The number of aromatic nitrogens is 3. The van der Waals surface area contributed by atoms with Gasteiger partial charge in [0.2, 0.25) is 5.78 Å². The number of aryl methyl sites for hydroxylation is 1. The largest absolute Gasteiger partial charge is 0.357 e. The lowest BCUT2D eigenvalue weighted by Crippen LogP contribution is -2.26. The third-order valence-electron chi connectivity index (χ3n) is 3.30.